The van der Waals surface area contributed by atoms with Gasteiger partial charge in [-0.3, -0.25) is 0 Å². The van der Waals surface area contributed by atoms with E-state index in [-0.39, 0.29) is 5.83 Å². The van der Waals surface area contributed by atoms with E-state index >= 15 is 0 Å². The molecule has 0 saturated carbocycles. The molecule has 0 aromatic heterocycles. The fourth-order valence-electron chi connectivity index (χ4n) is 0.461. The third kappa shape index (κ3) is 1.96. The Balaban J connectivity index is 3.02. The predicted molar refractivity (Wildman–Crippen MR) is 34.5 cm³/mol. The summed E-state index contributed by atoms with van der Waals surface area (Å²) in [6.45, 7) is 0. The molecule has 1 aliphatic carbocycles. The third-order valence-electron chi connectivity index (χ3n) is 0.844. The van der Waals surface area contributed by atoms with Crippen molar-refractivity contribution in [3.8, 4) is 0 Å². The summed E-state index contributed by atoms with van der Waals surface area (Å²) in [5.41, 5.74) is 5.30. The lowest BCUT2D eigenvalue weighted by Crippen LogP contribution is -1.62. The summed E-state index contributed by atoms with van der Waals surface area (Å²) in [4.78, 5) is 0. The Morgan fingerprint density at radius 1 is 1.22 bits per heavy atom. The van der Waals surface area contributed by atoms with Crippen LogP contribution in [0.25, 0.3) is 0 Å². The minimum atomic E-state index is -0.264. The molecule has 0 unspecified atom stereocenters. The Morgan fingerprint density at radius 2 is 2.00 bits per heavy atom. The highest BCUT2D eigenvalue weighted by molar-refractivity contribution is 5.22. The second kappa shape index (κ2) is 2.88. The van der Waals surface area contributed by atoms with Crippen LogP contribution in [0.3, 0.4) is 0 Å². The highest BCUT2D eigenvalue weighted by Crippen LogP contribution is 1.98. The number of hydrogen-bond donors (Lipinski definition) is 0. The van der Waals surface area contributed by atoms with Crippen LogP contribution in [0.5, 0.6) is 0 Å². The van der Waals surface area contributed by atoms with E-state index in [1.165, 1.54) is 18.2 Å². The van der Waals surface area contributed by atoms with Crippen LogP contribution in [0.4, 0.5) is 4.39 Å². The summed E-state index contributed by atoms with van der Waals surface area (Å²) >= 11 is 0. The van der Waals surface area contributed by atoms with Gasteiger partial charge in [-0.2, -0.15) is 0 Å². The maximum atomic E-state index is 12.3. The molecule has 0 heterocycles. The van der Waals surface area contributed by atoms with Crippen molar-refractivity contribution >= 4 is 0 Å². The molecule has 44 valence electrons. The normalized spacial score (nSPS) is 15.0. The van der Waals surface area contributed by atoms with Gasteiger partial charge in [0.25, 0.3) is 0 Å². The van der Waals surface area contributed by atoms with Crippen LogP contribution < -0.4 is 0 Å². The standard InChI is InChI=1S/C8H5F/c9-8-6-4-2-1-3-5-7-8/h2,4-7H. The second-order valence-electron chi connectivity index (χ2n) is 1.53. The van der Waals surface area contributed by atoms with E-state index in [4.69, 9.17) is 0 Å². The van der Waals surface area contributed by atoms with Gasteiger partial charge in [0.2, 0.25) is 0 Å². The van der Waals surface area contributed by atoms with E-state index in [0.717, 1.165) is 0 Å². The van der Waals surface area contributed by atoms with E-state index in [9.17, 15) is 4.39 Å². The van der Waals surface area contributed by atoms with Crippen LogP contribution in [0.2, 0.25) is 0 Å². The minimum Gasteiger partial charge on any atom is -0.207 e. The molecular formula is C8H5F. The highest BCUT2D eigenvalue weighted by Gasteiger charge is 1.80. The lowest BCUT2D eigenvalue weighted by Gasteiger charge is -1.80. The largest absolute Gasteiger partial charge is 0.207 e. The molecular weight excluding hydrogens is 115 g/mol. The molecule has 0 radical (unpaired) electrons. The lowest BCUT2D eigenvalue weighted by molar-refractivity contribution is 0.667. The zero-order chi connectivity index (χ0) is 6.53. The van der Waals surface area contributed by atoms with Crippen LogP contribution in [0.1, 0.15) is 0 Å². The molecule has 0 aromatic carbocycles. The summed E-state index contributed by atoms with van der Waals surface area (Å²) in [5.74, 6) is -0.264. The number of hydrogen-bond acceptors (Lipinski definition) is 0. The Hall–Kier alpha value is -1.29. The third-order valence-corrected chi connectivity index (χ3v) is 0.844. The van der Waals surface area contributed by atoms with Gasteiger partial charge in [-0.15, -0.1) is 0 Å². The lowest BCUT2D eigenvalue weighted by atomic mass is 10.3. The van der Waals surface area contributed by atoms with Crippen LogP contribution in [0.15, 0.2) is 47.7 Å². The van der Waals surface area contributed by atoms with Gasteiger partial charge in [0.1, 0.15) is 5.83 Å². The average Bonchev–Trinajstić information content (AvgIpc) is 1.79. The maximum absolute atomic E-state index is 12.3. The van der Waals surface area contributed by atoms with Gasteiger partial charge in [-0.05, 0) is 24.3 Å². The van der Waals surface area contributed by atoms with Gasteiger partial charge in [-0.25, -0.2) is 4.39 Å². The topological polar surface area (TPSA) is 0 Å². The molecule has 0 nitrogen and oxygen atoms in total. The average molecular weight is 120 g/mol. The Bertz CT molecular complexity index is 244. The molecule has 0 atom stereocenters. The van der Waals surface area contributed by atoms with Gasteiger partial charge < -0.3 is 0 Å². The zero-order valence-corrected chi connectivity index (χ0v) is 4.76. The van der Waals surface area contributed by atoms with Crippen molar-refractivity contribution in [2.75, 3.05) is 0 Å². The van der Waals surface area contributed by atoms with Gasteiger partial charge in [-0.1, -0.05) is 17.5 Å². The van der Waals surface area contributed by atoms with Crippen molar-refractivity contribution < 1.29 is 4.39 Å². The van der Waals surface area contributed by atoms with Crippen LogP contribution in [0, 0.1) is 0 Å². The summed E-state index contributed by atoms with van der Waals surface area (Å²) in [6, 6.07) is 0. The Morgan fingerprint density at radius 3 is 2.89 bits per heavy atom. The summed E-state index contributed by atoms with van der Waals surface area (Å²) in [5, 5.41) is 0. The SMILES string of the molecule is FC1=CC=C=C=CC=C1. The first-order valence-electron chi connectivity index (χ1n) is 2.59. The summed E-state index contributed by atoms with van der Waals surface area (Å²) in [7, 11) is 0. The van der Waals surface area contributed by atoms with Gasteiger partial charge in [0.15, 0.2) is 0 Å². The number of halogens is 1. The monoisotopic (exact) mass is 120 g/mol. The predicted octanol–water partition coefficient (Wildman–Crippen LogP) is 2.28. The molecule has 0 spiro atoms. The Kier molecular flexibility index (Phi) is 1.87. The number of rotatable bonds is 0. The van der Waals surface area contributed by atoms with Crippen molar-refractivity contribution in [1.82, 2.24) is 0 Å². The van der Waals surface area contributed by atoms with Crippen molar-refractivity contribution in [2.24, 2.45) is 0 Å². The smallest absolute Gasteiger partial charge is 0.123 e. The maximum Gasteiger partial charge on any atom is 0.123 e. The fraction of sp³-hybridized carbons (Fsp3) is 0. The fourth-order valence-corrected chi connectivity index (χ4v) is 0.461. The molecule has 0 fully saturated rings. The summed E-state index contributed by atoms with van der Waals surface area (Å²) < 4.78 is 12.3. The number of allylic oxidation sites excluding steroid dienone is 6. The van der Waals surface area contributed by atoms with Crippen molar-refractivity contribution in [3.63, 3.8) is 0 Å². The quantitative estimate of drug-likeness (QED) is 0.430. The minimum absolute atomic E-state index is 0.264. The molecule has 0 saturated heterocycles. The molecule has 0 aromatic rings. The van der Waals surface area contributed by atoms with Crippen LogP contribution in [-0.4, -0.2) is 0 Å². The molecule has 1 aliphatic rings. The van der Waals surface area contributed by atoms with Gasteiger partial charge in [0.05, 0.1) is 0 Å². The van der Waals surface area contributed by atoms with E-state index < -0.39 is 0 Å². The van der Waals surface area contributed by atoms with E-state index in [1.54, 1.807) is 12.2 Å². The van der Waals surface area contributed by atoms with Gasteiger partial charge in [0, 0.05) is 0 Å². The van der Waals surface area contributed by atoms with Gasteiger partial charge >= 0.3 is 0 Å². The molecule has 1 rings (SSSR count). The summed E-state index contributed by atoms with van der Waals surface area (Å²) in [6.07, 6.45) is 7.35. The zero-order valence-electron chi connectivity index (χ0n) is 4.76. The van der Waals surface area contributed by atoms with E-state index in [2.05, 4.69) is 11.5 Å². The highest BCUT2D eigenvalue weighted by atomic mass is 19.1. The van der Waals surface area contributed by atoms with Crippen molar-refractivity contribution in [1.29, 1.82) is 0 Å². The molecule has 0 N–H and O–H groups in total. The Labute approximate surface area is 53.0 Å². The van der Waals surface area contributed by atoms with Crippen molar-refractivity contribution in [3.05, 3.63) is 47.7 Å². The van der Waals surface area contributed by atoms with E-state index in [0.29, 0.717) is 0 Å². The molecule has 0 bridgehead atoms. The van der Waals surface area contributed by atoms with E-state index in [1.807, 2.05) is 0 Å². The molecule has 0 aliphatic heterocycles. The first kappa shape index (κ1) is 5.84. The first-order chi connectivity index (χ1) is 4.39. The van der Waals surface area contributed by atoms with Crippen molar-refractivity contribution in [2.45, 2.75) is 0 Å². The molecule has 9 heavy (non-hydrogen) atoms. The first-order valence-corrected chi connectivity index (χ1v) is 2.59. The van der Waals surface area contributed by atoms with Crippen LogP contribution in [-0.2, 0) is 0 Å². The van der Waals surface area contributed by atoms with Crippen LogP contribution >= 0.6 is 0 Å². The second-order valence-corrected chi connectivity index (χ2v) is 1.53. The molecule has 1 heteroatoms. The molecule has 0 amide bonds.